The van der Waals surface area contributed by atoms with Crippen LogP contribution < -0.4 is 15.0 Å². The molecule has 0 radical (unpaired) electrons. The summed E-state index contributed by atoms with van der Waals surface area (Å²) in [6, 6.07) is 14.4. The van der Waals surface area contributed by atoms with Crippen molar-refractivity contribution >= 4 is 11.6 Å². The van der Waals surface area contributed by atoms with Crippen molar-refractivity contribution in [3.63, 3.8) is 0 Å². The van der Waals surface area contributed by atoms with Crippen molar-refractivity contribution in [3.8, 4) is 5.75 Å². The summed E-state index contributed by atoms with van der Waals surface area (Å²) in [4.78, 5) is 16.9. The van der Waals surface area contributed by atoms with E-state index in [0.717, 1.165) is 69.9 Å². The van der Waals surface area contributed by atoms with Crippen molar-refractivity contribution in [3.05, 3.63) is 59.2 Å². The lowest BCUT2D eigenvalue weighted by molar-refractivity contribution is 0.0331. The van der Waals surface area contributed by atoms with E-state index in [1.54, 1.807) is 14.2 Å². The van der Waals surface area contributed by atoms with E-state index in [4.69, 9.17) is 9.47 Å². The Morgan fingerprint density at radius 1 is 1.13 bits per heavy atom. The Kier molecular flexibility index (Phi) is 7.10. The van der Waals surface area contributed by atoms with E-state index < -0.39 is 0 Å². The van der Waals surface area contributed by atoms with Crippen LogP contribution in [-0.2, 0) is 11.2 Å². The largest absolute Gasteiger partial charge is 0.497 e. The van der Waals surface area contributed by atoms with Crippen LogP contribution in [0.4, 0.5) is 5.69 Å². The molecule has 0 aliphatic carbocycles. The van der Waals surface area contributed by atoms with Gasteiger partial charge in [-0.1, -0.05) is 6.07 Å². The molecular formula is C25H33N3O3. The molecule has 1 N–H and O–H groups in total. The molecule has 2 aromatic rings. The van der Waals surface area contributed by atoms with E-state index in [2.05, 4.69) is 33.3 Å². The molecule has 0 spiro atoms. The second-order valence-corrected chi connectivity index (χ2v) is 8.27. The number of nitrogens with zero attached hydrogens (tertiary/aromatic N) is 2. The average molecular weight is 424 g/mol. The fraction of sp³-hybridized carbons (Fsp3) is 0.480. The number of rotatable bonds is 7. The van der Waals surface area contributed by atoms with Gasteiger partial charge in [0.15, 0.2) is 0 Å². The van der Waals surface area contributed by atoms with Gasteiger partial charge in [0.1, 0.15) is 5.75 Å². The molecule has 6 nitrogen and oxygen atoms in total. The first kappa shape index (κ1) is 21.7. The smallest absolute Gasteiger partial charge is 0.251 e. The number of benzene rings is 2. The predicted octanol–water partition coefficient (Wildman–Crippen LogP) is 3.27. The van der Waals surface area contributed by atoms with Gasteiger partial charge in [0.05, 0.1) is 19.8 Å². The average Bonchev–Trinajstić information content (AvgIpc) is 2.84. The van der Waals surface area contributed by atoms with Gasteiger partial charge in [0.25, 0.3) is 5.91 Å². The van der Waals surface area contributed by atoms with Gasteiger partial charge in [-0.05, 0) is 73.3 Å². The van der Waals surface area contributed by atoms with Crippen LogP contribution in [0.1, 0.15) is 40.4 Å². The summed E-state index contributed by atoms with van der Waals surface area (Å²) in [6.45, 7) is 6.11. The van der Waals surface area contributed by atoms with Crippen LogP contribution in [-0.4, -0.2) is 64.3 Å². The van der Waals surface area contributed by atoms with Crippen molar-refractivity contribution in [1.29, 1.82) is 0 Å². The Morgan fingerprint density at radius 3 is 2.61 bits per heavy atom. The van der Waals surface area contributed by atoms with Crippen molar-refractivity contribution in [2.24, 2.45) is 0 Å². The number of hydrogen-bond donors (Lipinski definition) is 1. The third-order valence-electron chi connectivity index (χ3n) is 6.42. The molecule has 1 saturated heterocycles. The first-order valence-corrected chi connectivity index (χ1v) is 11.3. The number of methoxy groups -OCH3 is 1. The summed E-state index contributed by atoms with van der Waals surface area (Å²) in [5, 5.41) is 2.70. The standard InChI is InChI=1S/C25H33N3O3/c1-26-25(29)20-5-10-23-19(18-20)11-17-31-24(23)4-3-12-27-13-15-28(16-14-27)21-6-8-22(30-2)9-7-21/h5-10,18,24H,3-4,11-17H2,1-2H3,(H,26,29)/t24-/m0/s1. The van der Waals surface area contributed by atoms with Gasteiger partial charge in [-0.25, -0.2) is 0 Å². The molecule has 0 bridgehead atoms. The van der Waals surface area contributed by atoms with E-state index in [9.17, 15) is 4.79 Å². The third-order valence-corrected chi connectivity index (χ3v) is 6.42. The second kappa shape index (κ2) is 10.2. The molecule has 4 rings (SSSR count). The Balaban J connectivity index is 1.25. The van der Waals surface area contributed by atoms with Crippen molar-refractivity contribution < 1.29 is 14.3 Å². The molecule has 2 aromatic carbocycles. The summed E-state index contributed by atoms with van der Waals surface area (Å²) >= 11 is 0. The molecule has 2 heterocycles. The van der Waals surface area contributed by atoms with E-state index in [1.165, 1.54) is 16.8 Å². The summed E-state index contributed by atoms with van der Waals surface area (Å²) < 4.78 is 11.3. The van der Waals surface area contributed by atoms with Crippen LogP contribution in [0.2, 0.25) is 0 Å². The maximum atomic E-state index is 11.9. The van der Waals surface area contributed by atoms with Crippen molar-refractivity contribution in [2.75, 3.05) is 58.4 Å². The Labute approximate surface area is 185 Å². The maximum absolute atomic E-state index is 11.9. The third kappa shape index (κ3) is 5.20. The van der Waals surface area contributed by atoms with Gasteiger partial charge in [0, 0.05) is 44.5 Å². The molecule has 1 amide bonds. The van der Waals surface area contributed by atoms with Gasteiger partial charge in [0.2, 0.25) is 0 Å². The number of hydrogen-bond acceptors (Lipinski definition) is 5. The van der Waals surface area contributed by atoms with Crippen LogP contribution in [0.15, 0.2) is 42.5 Å². The molecule has 2 aliphatic rings. The van der Waals surface area contributed by atoms with Crippen LogP contribution in [0, 0.1) is 0 Å². The molecule has 0 unspecified atom stereocenters. The number of ether oxygens (including phenoxy) is 2. The SMILES string of the molecule is CNC(=O)c1ccc2c(c1)CCO[C@H]2CCCN1CCN(c2ccc(OC)cc2)CC1. The number of piperazine rings is 1. The number of nitrogens with one attached hydrogen (secondary N) is 1. The zero-order chi connectivity index (χ0) is 21.6. The molecule has 31 heavy (non-hydrogen) atoms. The molecule has 166 valence electrons. The Hall–Kier alpha value is -2.57. The van der Waals surface area contributed by atoms with Crippen LogP contribution >= 0.6 is 0 Å². The number of amides is 1. The molecule has 0 saturated carbocycles. The zero-order valence-corrected chi connectivity index (χ0v) is 18.6. The molecular weight excluding hydrogens is 390 g/mol. The fourth-order valence-electron chi connectivity index (χ4n) is 4.58. The minimum atomic E-state index is -0.0281. The van der Waals surface area contributed by atoms with E-state index in [1.807, 2.05) is 24.3 Å². The highest BCUT2D eigenvalue weighted by molar-refractivity contribution is 5.94. The minimum absolute atomic E-state index is 0.0281. The molecule has 2 aliphatic heterocycles. The molecule has 0 aromatic heterocycles. The number of fused-ring (bicyclic) bond motifs is 1. The number of carbonyl (C=O) groups excluding carboxylic acids is 1. The molecule has 1 fully saturated rings. The second-order valence-electron chi connectivity index (χ2n) is 8.27. The quantitative estimate of drug-likeness (QED) is 0.741. The lowest BCUT2D eigenvalue weighted by atomic mass is 9.93. The normalized spacial score (nSPS) is 19.0. The van der Waals surface area contributed by atoms with E-state index in [-0.39, 0.29) is 12.0 Å². The van der Waals surface area contributed by atoms with Gasteiger partial charge >= 0.3 is 0 Å². The predicted molar refractivity (Wildman–Crippen MR) is 123 cm³/mol. The lowest BCUT2D eigenvalue weighted by Gasteiger charge is -2.36. The van der Waals surface area contributed by atoms with Crippen LogP contribution in [0.5, 0.6) is 5.75 Å². The summed E-state index contributed by atoms with van der Waals surface area (Å²) in [7, 11) is 3.37. The van der Waals surface area contributed by atoms with Gasteiger partial charge in [-0.15, -0.1) is 0 Å². The van der Waals surface area contributed by atoms with Crippen LogP contribution in [0.3, 0.4) is 0 Å². The lowest BCUT2D eigenvalue weighted by Crippen LogP contribution is -2.46. The Bertz CT molecular complexity index is 876. The van der Waals surface area contributed by atoms with Crippen LogP contribution in [0.25, 0.3) is 0 Å². The molecule has 1 atom stereocenters. The highest BCUT2D eigenvalue weighted by Crippen LogP contribution is 2.31. The monoisotopic (exact) mass is 423 g/mol. The van der Waals surface area contributed by atoms with Gasteiger partial charge in [-0.3, -0.25) is 9.69 Å². The summed E-state index contributed by atoms with van der Waals surface area (Å²) in [5.41, 5.74) is 4.51. The fourth-order valence-corrected chi connectivity index (χ4v) is 4.58. The van der Waals surface area contributed by atoms with Crippen molar-refractivity contribution in [2.45, 2.75) is 25.4 Å². The van der Waals surface area contributed by atoms with Gasteiger partial charge in [-0.2, -0.15) is 0 Å². The summed E-state index contributed by atoms with van der Waals surface area (Å²) in [6.07, 6.45) is 3.15. The summed E-state index contributed by atoms with van der Waals surface area (Å²) in [5.74, 6) is 0.873. The van der Waals surface area contributed by atoms with E-state index >= 15 is 0 Å². The van der Waals surface area contributed by atoms with E-state index in [0.29, 0.717) is 0 Å². The Morgan fingerprint density at radius 2 is 1.90 bits per heavy atom. The number of anilines is 1. The minimum Gasteiger partial charge on any atom is -0.497 e. The first-order valence-electron chi connectivity index (χ1n) is 11.3. The maximum Gasteiger partial charge on any atom is 0.251 e. The zero-order valence-electron chi connectivity index (χ0n) is 18.6. The highest BCUT2D eigenvalue weighted by Gasteiger charge is 2.23. The number of carbonyl (C=O) groups is 1. The van der Waals surface area contributed by atoms with Gasteiger partial charge < -0.3 is 19.7 Å². The first-order chi connectivity index (χ1) is 15.2. The van der Waals surface area contributed by atoms with Crippen molar-refractivity contribution in [1.82, 2.24) is 10.2 Å². The topological polar surface area (TPSA) is 54.0 Å². The molecule has 6 heteroatoms. The highest BCUT2D eigenvalue weighted by atomic mass is 16.5.